The SMILES string of the molecule is O=C(Nc1ccc(F)cc1F)N(CCc1c[nH]c2ccccc12)Cc1ccc(Cl)cc1. The number of para-hydroxylation sites is 1. The number of amides is 2. The summed E-state index contributed by atoms with van der Waals surface area (Å²) >= 11 is 5.96. The van der Waals surface area contributed by atoms with Crippen molar-refractivity contribution in [1.29, 1.82) is 0 Å². The van der Waals surface area contributed by atoms with E-state index in [-0.39, 0.29) is 5.69 Å². The molecule has 0 unspecified atom stereocenters. The average Bonchev–Trinajstić information content (AvgIpc) is 3.17. The largest absolute Gasteiger partial charge is 0.361 e. The summed E-state index contributed by atoms with van der Waals surface area (Å²) in [6.45, 7) is 0.716. The number of nitrogens with one attached hydrogen (secondary N) is 2. The quantitative estimate of drug-likeness (QED) is 0.360. The molecule has 158 valence electrons. The predicted octanol–water partition coefficient (Wildman–Crippen LogP) is 6.38. The molecule has 0 aliphatic heterocycles. The van der Waals surface area contributed by atoms with Crippen LogP contribution in [0.3, 0.4) is 0 Å². The summed E-state index contributed by atoms with van der Waals surface area (Å²) in [4.78, 5) is 17.8. The summed E-state index contributed by atoms with van der Waals surface area (Å²) in [5.74, 6) is -1.52. The Balaban J connectivity index is 1.54. The van der Waals surface area contributed by atoms with Crippen molar-refractivity contribution in [2.24, 2.45) is 0 Å². The van der Waals surface area contributed by atoms with Crippen molar-refractivity contribution in [3.05, 3.63) is 101 Å². The molecule has 7 heteroatoms. The molecule has 4 nitrogen and oxygen atoms in total. The van der Waals surface area contributed by atoms with Gasteiger partial charge in [-0.1, -0.05) is 41.9 Å². The highest BCUT2D eigenvalue weighted by Gasteiger charge is 2.17. The normalized spacial score (nSPS) is 10.9. The van der Waals surface area contributed by atoms with E-state index in [4.69, 9.17) is 11.6 Å². The molecule has 0 atom stereocenters. The maximum absolute atomic E-state index is 14.0. The lowest BCUT2D eigenvalue weighted by Crippen LogP contribution is -2.36. The van der Waals surface area contributed by atoms with Crippen LogP contribution in [0.25, 0.3) is 10.9 Å². The Bertz CT molecular complexity index is 1210. The number of halogens is 3. The summed E-state index contributed by atoms with van der Waals surface area (Å²) in [5, 5.41) is 4.25. The third-order valence-corrected chi connectivity index (χ3v) is 5.32. The smallest absolute Gasteiger partial charge is 0.322 e. The van der Waals surface area contributed by atoms with E-state index in [0.717, 1.165) is 34.2 Å². The van der Waals surface area contributed by atoms with Crippen molar-refractivity contribution < 1.29 is 13.6 Å². The van der Waals surface area contributed by atoms with Crippen LogP contribution in [-0.2, 0) is 13.0 Å². The molecule has 0 aliphatic carbocycles. The minimum Gasteiger partial charge on any atom is -0.361 e. The first kappa shape index (κ1) is 20.9. The molecule has 2 N–H and O–H groups in total. The third-order valence-electron chi connectivity index (χ3n) is 5.07. The third kappa shape index (κ3) is 5.03. The lowest BCUT2D eigenvalue weighted by Gasteiger charge is -2.23. The summed E-state index contributed by atoms with van der Waals surface area (Å²) in [6.07, 6.45) is 2.54. The van der Waals surface area contributed by atoms with Gasteiger partial charge in [-0.25, -0.2) is 13.6 Å². The summed E-state index contributed by atoms with van der Waals surface area (Å²) < 4.78 is 27.2. The van der Waals surface area contributed by atoms with Gasteiger partial charge < -0.3 is 15.2 Å². The number of nitrogens with zero attached hydrogens (tertiary/aromatic N) is 1. The number of urea groups is 1. The van der Waals surface area contributed by atoms with E-state index in [2.05, 4.69) is 10.3 Å². The van der Waals surface area contributed by atoms with Crippen LogP contribution >= 0.6 is 11.6 Å². The highest BCUT2D eigenvalue weighted by molar-refractivity contribution is 6.30. The van der Waals surface area contributed by atoms with Crippen LogP contribution in [0.5, 0.6) is 0 Å². The van der Waals surface area contributed by atoms with Gasteiger partial charge in [0.25, 0.3) is 0 Å². The first-order valence-electron chi connectivity index (χ1n) is 9.80. The second kappa shape index (κ2) is 9.18. The number of hydrogen-bond donors (Lipinski definition) is 2. The fraction of sp³-hybridized carbons (Fsp3) is 0.125. The van der Waals surface area contributed by atoms with Gasteiger partial charge in [0.1, 0.15) is 11.6 Å². The van der Waals surface area contributed by atoms with Crippen LogP contribution in [0.2, 0.25) is 5.02 Å². The molecule has 0 aliphatic rings. The van der Waals surface area contributed by atoms with Crippen LogP contribution in [0.4, 0.5) is 19.3 Å². The van der Waals surface area contributed by atoms with Crippen molar-refractivity contribution in [3.8, 4) is 0 Å². The van der Waals surface area contributed by atoms with Gasteiger partial charge in [0, 0.05) is 41.3 Å². The lowest BCUT2D eigenvalue weighted by molar-refractivity contribution is 0.209. The Morgan fingerprint density at radius 2 is 1.81 bits per heavy atom. The Kier molecular flexibility index (Phi) is 6.18. The van der Waals surface area contributed by atoms with Gasteiger partial charge in [-0.2, -0.15) is 0 Å². The van der Waals surface area contributed by atoms with E-state index < -0.39 is 17.7 Å². The molecular weight excluding hydrogens is 420 g/mol. The van der Waals surface area contributed by atoms with Gasteiger partial charge >= 0.3 is 6.03 Å². The van der Waals surface area contributed by atoms with E-state index in [1.807, 2.05) is 42.6 Å². The maximum Gasteiger partial charge on any atom is 0.322 e. The van der Waals surface area contributed by atoms with E-state index in [0.29, 0.717) is 24.5 Å². The van der Waals surface area contributed by atoms with Gasteiger partial charge in [0.15, 0.2) is 0 Å². The van der Waals surface area contributed by atoms with Gasteiger partial charge in [0.2, 0.25) is 0 Å². The topological polar surface area (TPSA) is 48.1 Å². The van der Waals surface area contributed by atoms with Gasteiger partial charge in [-0.3, -0.25) is 0 Å². The van der Waals surface area contributed by atoms with Crippen molar-refractivity contribution >= 4 is 34.2 Å². The first-order valence-corrected chi connectivity index (χ1v) is 10.2. The number of benzene rings is 3. The number of fused-ring (bicyclic) bond motifs is 1. The van der Waals surface area contributed by atoms with Crippen molar-refractivity contribution in [2.75, 3.05) is 11.9 Å². The zero-order chi connectivity index (χ0) is 21.8. The van der Waals surface area contributed by atoms with Crippen LogP contribution in [0, 0.1) is 11.6 Å². The van der Waals surface area contributed by atoms with Crippen LogP contribution in [0.15, 0.2) is 72.9 Å². The molecule has 0 spiro atoms. The predicted molar refractivity (Wildman–Crippen MR) is 119 cm³/mol. The Hall–Kier alpha value is -3.38. The first-order chi connectivity index (χ1) is 15.0. The summed E-state index contributed by atoms with van der Waals surface area (Å²) in [7, 11) is 0. The fourth-order valence-corrected chi connectivity index (χ4v) is 3.57. The Labute approximate surface area is 183 Å². The number of hydrogen-bond acceptors (Lipinski definition) is 1. The number of aromatic nitrogens is 1. The molecule has 1 heterocycles. The number of anilines is 1. The fourth-order valence-electron chi connectivity index (χ4n) is 3.44. The molecule has 31 heavy (non-hydrogen) atoms. The number of H-pyrrole nitrogens is 1. The van der Waals surface area contributed by atoms with E-state index in [1.54, 1.807) is 17.0 Å². The van der Waals surface area contributed by atoms with E-state index in [1.165, 1.54) is 6.07 Å². The van der Waals surface area contributed by atoms with Gasteiger partial charge in [-0.05, 0) is 47.9 Å². The lowest BCUT2D eigenvalue weighted by atomic mass is 10.1. The van der Waals surface area contributed by atoms with E-state index >= 15 is 0 Å². The highest BCUT2D eigenvalue weighted by Crippen LogP contribution is 2.20. The molecule has 4 rings (SSSR count). The second-order valence-electron chi connectivity index (χ2n) is 7.21. The average molecular weight is 440 g/mol. The zero-order valence-corrected chi connectivity index (χ0v) is 17.3. The highest BCUT2D eigenvalue weighted by atomic mass is 35.5. The molecule has 0 fully saturated rings. The molecule has 0 saturated carbocycles. The van der Waals surface area contributed by atoms with Crippen molar-refractivity contribution in [3.63, 3.8) is 0 Å². The molecule has 2 amide bonds. The molecule has 0 radical (unpaired) electrons. The summed E-state index contributed by atoms with van der Waals surface area (Å²) in [6, 6.07) is 17.7. The van der Waals surface area contributed by atoms with Gasteiger partial charge in [-0.15, -0.1) is 0 Å². The molecule has 4 aromatic rings. The number of aromatic amines is 1. The van der Waals surface area contributed by atoms with Crippen molar-refractivity contribution in [1.82, 2.24) is 9.88 Å². The number of carbonyl (C=O) groups excluding carboxylic acids is 1. The zero-order valence-electron chi connectivity index (χ0n) is 16.5. The summed E-state index contributed by atoms with van der Waals surface area (Å²) in [5.41, 5.74) is 2.93. The van der Waals surface area contributed by atoms with Crippen LogP contribution < -0.4 is 5.32 Å². The van der Waals surface area contributed by atoms with Crippen molar-refractivity contribution in [2.45, 2.75) is 13.0 Å². The molecule has 0 bridgehead atoms. The minimum absolute atomic E-state index is 0.0698. The minimum atomic E-state index is -0.823. The standard InChI is InChI=1S/C24H20ClF2N3O/c25-18-7-5-16(6-8-18)15-30(24(31)29-23-10-9-19(26)13-21(23)27)12-11-17-14-28-22-4-2-1-3-20(17)22/h1-10,13-14,28H,11-12,15H2,(H,29,31). The van der Waals surface area contributed by atoms with E-state index in [9.17, 15) is 13.6 Å². The molecule has 3 aromatic carbocycles. The number of rotatable bonds is 6. The van der Waals surface area contributed by atoms with Gasteiger partial charge in [0.05, 0.1) is 5.69 Å². The monoisotopic (exact) mass is 439 g/mol. The second-order valence-corrected chi connectivity index (χ2v) is 7.65. The molecule has 0 saturated heterocycles. The van der Waals surface area contributed by atoms with Crippen LogP contribution in [-0.4, -0.2) is 22.5 Å². The molecule has 1 aromatic heterocycles. The number of carbonyl (C=O) groups is 1. The molecular formula is C24H20ClF2N3O. The van der Waals surface area contributed by atoms with Crippen LogP contribution in [0.1, 0.15) is 11.1 Å². The Morgan fingerprint density at radius 1 is 1.03 bits per heavy atom. The maximum atomic E-state index is 14.0. The Morgan fingerprint density at radius 3 is 2.58 bits per heavy atom.